The molecule has 51 heavy (non-hydrogen) atoms. The van der Waals surface area contributed by atoms with Crippen molar-refractivity contribution in [3.8, 4) is 34.5 Å². The number of ether oxygens (including phenoxy) is 4. The smallest absolute Gasteiger partial charge is 0.457 e. The summed E-state index contributed by atoms with van der Waals surface area (Å²) in [7, 11) is 0. The first-order valence-corrected chi connectivity index (χ1v) is 14.5. The van der Waals surface area contributed by atoms with Crippen molar-refractivity contribution >= 4 is 35.0 Å². The highest BCUT2D eigenvalue weighted by Gasteiger charge is 2.77. The number of nitrogens with zero attached hydrogens (tertiary/aromatic N) is 2. The third kappa shape index (κ3) is 6.96. The van der Waals surface area contributed by atoms with E-state index in [0.717, 1.165) is 82.6 Å². The highest BCUT2D eigenvalue weighted by atomic mass is 19.4. The summed E-state index contributed by atoms with van der Waals surface area (Å²) in [4.78, 5) is 49.2. The number of imide groups is 2. The molecule has 4 aromatic rings. The number of amides is 4. The first-order valence-electron chi connectivity index (χ1n) is 14.5. The summed E-state index contributed by atoms with van der Waals surface area (Å²) in [5.74, 6) is -8.62. The van der Waals surface area contributed by atoms with Gasteiger partial charge in [0, 0.05) is 24.3 Å². The Morgan fingerprint density at radius 2 is 0.608 bits per heavy atom. The summed E-state index contributed by atoms with van der Waals surface area (Å²) >= 11 is 0. The van der Waals surface area contributed by atoms with Crippen molar-refractivity contribution in [2.24, 2.45) is 0 Å². The first-order chi connectivity index (χ1) is 24.1. The van der Waals surface area contributed by atoms with Gasteiger partial charge in [-0.15, -0.1) is 0 Å². The molecule has 4 amide bonds. The predicted molar refractivity (Wildman–Crippen MR) is 165 cm³/mol. The molecule has 0 saturated carbocycles. The Balaban J connectivity index is 1.14. The molecule has 260 valence electrons. The number of hydrogen-bond acceptors (Lipinski definition) is 8. The van der Waals surface area contributed by atoms with E-state index in [1.165, 1.54) is 48.5 Å². The van der Waals surface area contributed by atoms with Crippen molar-refractivity contribution in [2.75, 3.05) is 9.80 Å². The number of benzene rings is 4. The molecule has 10 nitrogen and oxygen atoms in total. The van der Waals surface area contributed by atoms with Crippen LogP contribution in [-0.2, 0) is 19.2 Å². The van der Waals surface area contributed by atoms with Crippen LogP contribution >= 0.6 is 0 Å². The minimum absolute atomic E-state index is 0.0101. The maximum atomic E-state index is 14.2. The van der Waals surface area contributed by atoms with Crippen LogP contribution in [0.5, 0.6) is 34.5 Å². The maximum absolute atomic E-state index is 14.2. The molecule has 2 aliphatic heterocycles. The van der Waals surface area contributed by atoms with Crippen LogP contribution < -0.4 is 28.7 Å². The molecular formula is C35H20F6N2O8. The van der Waals surface area contributed by atoms with E-state index < -0.39 is 53.3 Å². The molecule has 0 aromatic heterocycles. The van der Waals surface area contributed by atoms with Gasteiger partial charge in [0.1, 0.15) is 34.5 Å². The number of hydrogen-bond donors (Lipinski definition) is 0. The highest BCUT2D eigenvalue weighted by Crippen LogP contribution is 2.47. The number of alkyl halides is 6. The zero-order valence-electron chi connectivity index (χ0n) is 25.5. The van der Waals surface area contributed by atoms with E-state index >= 15 is 0 Å². The van der Waals surface area contributed by atoms with Gasteiger partial charge < -0.3 is 18.9 Å². The highest BCUT2D eigenvalue weighted by molar-refractivity contribution is 6.28. The van der Waals surface area contributed by atoms with Crippen LogP contribution in [-0.4, -0.2) is 41.8 Å². The van der Waals surface area contributed by atoms with Crippen LogP contribution in [0, 0.1) is 0 Å². The van der Waals surface area contributed by atoms with Crippen molar-refractivity contribution in [3.05, 3.63) is 121 Å². The van der Waals surface area contributed by atoms with E-state index in [1.54, 1.807) is 0 Å². The monoisotopic (exact) mass is 710 g/mol. The van der Waals surface area contributed by atoms with Crippen LogP contribution in [0.2, 0.25) is 0 Å². The van der Waals surface area contributed by atoms with Gasteiger partial charge in [0.05, 0.1) is 11.4 Å². The number of anilines is 2. The lowest BCUT2D eigenvalue weighted by molar-refractivity contribution is -0.422. The van der Waals surface area contributed by atoms with Crippen molar-refractivity contribution in [2.45, 2.75) is 18.1 Å². The minimum Gasteiger partial charge on any atom is -0.457 e. The zero-order chi connectivity index (χ0) is 36.6. The Bertz CT molecular complexity index is 1860. The van der Waals surface area contributed by atoms with Crippen LogP contribution in [0.25, 0.3) is 0 Å². The molecule has 0 saturated heterocycles. The maximum Gasteiger partial charge on any atom is 0.478 e. The first kappa shape index (κ1) is 34.3. The summed E-state index contributed by atoms with van der Waals surface area (Å²) in [5, 5.41) is 0. The third-order valence-corrected chi connectivity index (χ3v) is 7.20. The Kier molecular flexibility index (Phi) is 8.76. The molecule has 0 bridgehead atoms. The normalized spacial score (nSPS) is 14.8. The van der Waals surface area contributed by atoms with Gasteiger partial charge in [-0.05, 0) is 97.1 Å². The second-order valence-corrected chi connectivity index (χ2v) is 10.6. The minimum atomic E-state index is -6.12. The van der Waals surface area contributed by atoms with Gasteiger partial charge in [0.15, 0.2) is 0 Å². The quantitative estimate of drug-likeness (QED) is 0.0951. The van der Waals surface area contributed by atoms with Crippen molar-refractivity contribution < 1.29 is 64.5 Å². The van der Waals surface area contributed by atoms with Crippen molar-refractivity contribution in [1.82, 2.24) is 0 Å². The summed E-state index contributed by atoms with van der Waals surface area (Å²) in [5.41, 5.74) is 0.507. The fourth-order valence-corrected chi connectivity index (χ4v) is 4.80. The average molecular weight is 711 g/mol. The molecule has 2 heterocycles. The lowest BCUT2D eigenvalue weighted by atomic mass is 10.2. The molecule has 0 unspecified atom stereocenters. The van der Waals surface area contributed by atoms with Gasteiger partial charge >= 0.3 is 18.1 Å². The molecule has 6 rings (SSSR count). The number of rotatable bonds is 10. The molecule has 0 fully saturated rings. The van der Waals surface area contributed by atoms with Gasteiger partial charge in [0.2, 0.25) is 0 Å². The number of halogens is 6. The Morgan fingerprint density at radius 3 is 0.863 bits per heavy atom. The largest absolute Gasteiger partial charge is 0.478 e. The lowest BCUT2D eigenvalue weighted by Gasteiger charge is -2.36. The topological polar surface area (TPSA) is 112 Å². The van der Waals surface area contributed by atoms with Crippen LogP contribution in [0.3, 0.4) is 0 Å². The number of carbonyl (C=O) groups excluding carboxylic acids is 4. The fourth-order valence-electron chi connectivity index (χ4n) is 4.80. The summed E-state index contributed by atoms with van der Waals surface area (Å²) in [6, 6.07) is 18.8. The van der Waals surface area contributed by atoms with E-state index in [4.69, 9.17) is 9.47 Å². The van der Waals surface area contributed by atoms with Crippen LogP contribution in [0.1, 0.15) is 0 Å². The van der Waals surface area contributed by atoms with E-state index in [2.05, 4.69) is 9.47 Å². The van der Waals surface area contributed by atoms with Gasteiger partial charge in [-0.1, -0.05) is 0 Å². The van der Waals surface area contributed by atoms with Gasteiger partial charge in [-0.2, -0.15) is 26.3 Å². The van der Waals surface area contributed by atoms with E-state index in [9.17, 15) is 45.5 Å². The van der Waals surface area contributed by atoms with E-state index in [1.807, 2.05) is 0 Å². The summed E-state index contributed by atoms with van der Waals surface area (Å²) < 4.78 is 106. The van der Waals surface area contributed by atoms with E-state index in [0.29, 0.717) is 0 Å². The average Bonchev–Trinajstić information content (AvgIpc) is 3.60. The molecule has 0 atom stereocenters. The van der Waals surface area contributed by atoms with Gasteiger partial charge in [0.25, 0.3) is 23.6 Å². The lowest BCUT2D eigenvalue weighted by Crippen LogP contribution is -2.65. The van der Waals surface area contributed by atoms with E-state index in [-0.39, 0.29) is 34.4 Å². The molecular weight excluding hydrogens is 690 g/mol. The zero-order valence-corrected chi connectivity index (χ0v) is 25.5. The molecule has 2 aliphatic rings. The molecule has 0 radical (unpaired) electrons. The second-order valence-electron chi connectivity index (χ2n) is 10.6. The predicted octanol–water partition coefficient (Wildman–Crippen LogP) is 7.41. The van der Waals surface area contributed by atoms with Gasteiger partial charge in [-0.25, -0.2) is 9.80 Å². The summed E-state index contributed by atoms with van der Waals surface area (Å²) in [6.07, 6.45) is -7.83. The Hall–Kier alpha value is -6.58. The molecule has 0 N–H and O–H groups in total. The molecule has 0 aliphatic carbocycles. The second kappa shape index (κ2) is 13.0. The molecule has 0 spiro atoms. The van der Waals surface area contributed by atoms with Gasteiger partial charge in [-0.3, -0.25) is 19.2 Å². The third-order valence-electron chi connectivity index (χ3n) is 7.20. The molecule has 4 aromatic carbocycles. The standard InChI is InChI=1S/C35H20F6N2O8/c36-34(37,38)33(35(39,40)41,50-27-13-9-25(10-14-27)48-23-5-1-21(2-6-23)42-29(44)17-18-30(42)45)51-28-15-11-26(12-16-28)49-24-7-3-22(4-8-24)43-31(46)19-20-32(43)47/h1-20H. The molecule has 16 heteroatoms. The van der Waals surface area contributed by atoms with Crippen molar-refractivity contribution in [3.63, 3.8) is 0 Å². The number of carbonyl (C=O) groups is 4. The summed E-state index contributed by atoms with van der Waals surface area (Å²) in [6.45, 7) is 0. The SMILES string of the molecule is O=C1C=CC(=O)N1c1ccc(Oc2ccc(OC(Oc3ccc(Oc4ccc(N5C(=O)C=CC5=O)cc4)cc3)(C(F)(F)F)C(F)(F)F)cc2)cc1. The fraction of sp³-hybridized carbons (Fsp3) is 0.0857. The Morgan fingerprint density at radius 1 is 0.373 bits per heavy atom. The van der Waals surface area contributed by atoms with Crippen LogP contribution in [0.4, 0.5) is 37.7 Å². The van der Waals surface area contributed by atoms with Crippen LogP contribution in [0.15, 0.2) is 121 Å². The Labute approximate surface area is 283 Å². The van der Waals surface area contributed by atoms with Crippen molar-refractivity contribution in [1.29, 1.82) is 0 Å².